The van der Waals surface area contributed by atoms with Crippen molar-refractivity contribution in [3.8, 4) is 0 Å². The Kier molecular flexibility index (Phi) is 4.94. The summed E-state index contributed by atoms with van der Waals surface area (Å²) in [5.41, 5.74) is 1.13. The number of nitrogens with one attached hydrogen (secondary N) is 1. The summed E-state index contributed by atoms with van der Waals surface area (Å²) < 4.78 is 0. The fraction of sp³-hybridized carbons (Fsp3) is 0.231. The highest BCUT2D eigenvalue weighted by molar-refractivity contribution is 5.93. The van der Waals surface area contributed by atoms with Crippen molar-refractivity contribution in [1.82, 2.24) is 5.32 Å². The molecule has 4 nitrogen and oxygen atoms in total. The summed E-state index contributed by atoms with van der Waals surface area (Å²) in [5, 5.41) is 11.1. The van der Waals surface area contributed by atoms with E-state index in [-0.39, 0.29) is 6.04 Å². The van der Waals surface area contributed by atoms with Gasteiger partial charge >= 0.3 is 5.97 Å². The van der Waals surface area contributed by atoms with Crippen LogP contribution in [0.2, 0.25) is 0 Å². The van der Waals surface area contributed by atoms with Crippen LogP contribution >= 0.6 is 0 Å². The largest absolute Gasteiger partial charge is 0.478 e. The van der Waals surface area contributed by atoms with Gasteiger partial charge in [0.15, 0.2) is 0 Å². The van der Waals surface area contributed by atoms with Gasteiger partial charge < -0.3 is 10.4 Å². The van der Waals surface area contributed by atoms with E-state index in [1.54, 1.807) is 0 Å². The second-order valence-corrected chi connectivity index (χ2v) is 3.77. The topological polar surface area (TPSA) is 66.4 Å². The van der Waals surface area contributed by atoms with Crippen molar-refractivity contribution in [1.29, 1.82) is 0 Å². The number of carbonyl (C=O) groups excluding carboxylic acids is 1. The van der Waals surface area contributed by atoms with Crippen molar-refractivity contribution >= 4 is 11.9 Å². The number of hydrogen-bond donors (Lipinski definition) is 2. The zero-order valence-electron chi connectivity index (χ0n) is 9.59. The van der Waals surface area contributed by atoms with E-state index >= 15 is 0 Å². The monoisotopic (exact) mass is 233 g/mol. The van der Waals surface area contributed by atoms with Crippen molar-refractivity contribution in [2.24, 2.45) is 0 Å². The molecule has 1 amide bonds. The molecule has 0 spiro atoms. The molecule has 0 heterocycles. The van der Waals surface area contributed by atoms with Gasteiger partial charge in [-0.3, -0.25) is 4.79 Å². The molecule has 1 atom stereocenters. The average Bonchev–Trinajstić information content (AvgIpc) is 2.27. The Bertz CT molecular complexity index is 412. The van der Waals surface area contributed by atoms with Crippen LogP contribution < -0.4 is 5.32 Å². The maximum Gasteiger partial charge on any atom is 0.328 e. The molecule has 0 aliphatic rings. The smallest absolute Gasteiger partial charge is 0.328 e. The minimum absolute atomic E-state index is 0.0386. The van der Waals surface area contributed by atoms with Gasteiger partial charge in [-0.05, 0) is 18.9 Å². The number of rotatable bonds is 5. The lowest BCUT2D eigenvalue weighted by atomic mass is 10.1. The van der Waals surface area contributed by atoms with Crippen LogP contribution in [0.1, 0.15) is 12.5 Å². The highest BCUT2D eigenvalue weighted by Crippen LogP contribution is 2.02. The third-order valence-corrected chi connectivity index (χ3v) is 2.15. The Labute approximate surface area is 100.0 Å². The number of hydrogen-bond acceptors (Lipinski definition) is 2. The van der Waals surface area contributed by atoms with Crippen molar-refractivity contribution in [2.75, 3.05) is 0 Å². The van der Waals surface area contributed by atoms with E-state index in [4.69, 9.17) is 5.11 Å². The average molecular weight is 233 g/mol. The minimum atomic E-state index is -1.13. The third-order valence-electron chi connectivity index (χ3n) is 2.15. The molecular formula is C13H15NO3. The molecule has 1 aromatic rings. The van der Waals surface area contributed by atoms with Crippen LogP contribution in [-0.2, 0) is 16.0 Å². The molecule has 1 rings (SSSR count). The molecule has 0 saturated heterocycles. The van der Waals surface area contributed by atoms with Gasteiger partial charge in [0, 0.05) is 18.2 Å². The normalized spacial score (nSPS) is 12.3. The van der Waals surface area contributed by atoms with Gasteiger partial charge in [-0.1, -0.05) is 30.3 Å². The number of carboxylic acid groups (broad SMARTS) is 1. The fourth-order valence-electron chi connectivity index (χ4n) is 1.46. The summed E-state index contributed by atoms with van der Waals surface area (Å²) in [6, 6.07) is 9.74. The predicted molar refractivity (Wildman–Crippen MR) is 64.5 cm³/mol. The van der Waals surface area contributed by atoms with E-state index in [9.17, 15) is 9.59 Å². The number of carboxylic acids is 1. The fourth-order valence-corrected chi connectivity index (χ4v) is 1.46. The molecule has 0 aliphatic heterocycles. The summed E-state index contributed by atoms with van der Waals surface area (Å²) in [6.07, 6.45) is 2.56. The summed E-state index contributed by atoms with van der Waals surface area (Å²) in [5.74, 6) is -1.52. The van der Waals surface area contributed by atoms with Crippen LogP contribution in [0, 0.1) is 0 Å². The zero-order valence-corrected chi connectivity index (χ0v) is 9.59. The van der Waals surface area contributed by atoms with Gasteiger partial charge in [-0.25, -0.2) is 4.79 Å². The first-order valence-corrected chi connectivity index (χ1v) is 5.33. The third kappa shape index (κ3) is 5.51. The minimum Gasteiger partial charge on any atom is -0.478 e. The van der Waals surface area contributed by atoms with E-state index in [0.717, 1.165) is 17.7 Å². The number of amides is 1. The summed E-state index contributed by atoms with van der Waals surface area (Å²) in [7, 11) is 0. The second-order valence-electron chi connectivity index (χ2n) is 3.77. The van der Waals surface area contributed by atoms with E-state index in [2.05, 4.69) is 5.32 Å². The van der Waals surface area contributed by atoms with Crippen LogP contribution in [0.15, 0.2) is 42.5 Å². The van der Waals surface area contributed by atoms with Crippen molar-refractivity contribution < 1.29 is 14.7 Å². The van der Waals surface area contributed by atoms with Gasteiger partial charge in [-0.2, -0.15) is 0 Å². The first-order chi connectivity index (χ1) is 8.08. The van der Waals surface area contributed by atoms with Crippen LogP contribution in [0.3, 0.4) is 0 Å². The maximum absolute atomic E-state index is 11.3. The Hall–Kier alpha value is -2.10. The molecule has 0 aromatic heterocycles. The first-order valence-electron chi connectivity index (χ1n) is 5.33. The van der Waals surface area contributed by atoms with Crippen LogP contribution in [-0.4, -0.2) is 23.0 Å². The molecule has 4 heteroatoms. The highest BCUT2D eigenvalue weighted by Gasteiger charge is 2.05. The summed E-state index contributed by atoms with van der Waals surface area (Å²) in [6.45, 7) is 1.87. The van der Waals surface area contributed by atoms with E-state index in [1.807, 2.05) is 37.3 Å². The Morgan fingerprint density at radius 3 is 2.53 bits per heavy atom. The standard InChI is InChI=1S/C13H15NO3/c1-10(9-11-5-3-2-4-6-11)14-12(15)7-8-13(16)17/h2-8,10H,9H2,1H3,(H,14,15)(H,16,17)/b8-7+/t10-/m1/s1. The quantitative estimate of drug-likeness (QED) is 0.755. The van der Waals surface area contributed by atoms with Gasteiger partial charge in [-0.15, -0.1) is 0 Å². The predicted octanol–water partition coefficient (Wildman–Crippen LogP) is 1.37. The van der Waals surface area contributed by atoms with Gasteiger partial charge in [0.05, 0.1) is 0 Å². The maximum atomic E-state index is 11.3. The zero-order chi connectivity index (χ0) is 12.7. The lowest BCUT2D eigenvalue weighted by Crippen LogP contribution is -2.32. The molecule has 0 radical (unpaired) electrons. The Balaban J connectivity index is 2.42. The molecule has 0 saturated carbocycles. The Morgan fingerprint density at radius 2 is 1.94 bits per heavy atom. The van der Waals surface area contributed by atoms with Crippen LogP contribution in [0.4, 0.5) is 0 Å². The number of benzene rings is 1. The second kappa shape index (κ2) is 6.48. The SMILES string of the molecule is C[C@H](Cc1ccccc1)NC(=O)/C=C/C(=O)O. The van der Waals surface area contributed by atoms with E-state index in [0.29, 0.717) is 6.42 Å². The molecule has 1 aromatic carbocycles. The molecule has 0 fully saturated rings. The molecular weight excluding hydrogens is 218 g/mol. The lowest BCUT2D eigenvalue weighted by molar-refractivity contribution is -0.131. The number of aliphatic carboxylic acids is 1. The molecule has 0 aliphatic carbocycles. The molecule has 2 N–H and O–H groups in total. The summed E-state index contributed by atoms with van der Waals surface area (Å²) in [4.78, 5) is 21.5. The van der Waals surface area contributed by atoms with Gasteiger partial charge in [0.1, 0.15) is 0 Å². The molecule has 17 heavy (non-hydrogen) atoms. The van der Waals surface area contributed by atoms with Crippen molar-refractivity contribution in [3.63, 3.8) is 0 Å². The van der Waals surface area contributed by atoms with E-state index < -0.39 is 11.9 Å². The van der Waals surface area contributed by atoms with Crippen LogP contribution in [0.5, 0.6) is 0 Å². The van der Waals surface area contributed by atoms with Gasteiger partial charge in [0.2, 0.25) is 5.91 Å². The van der Waals surface area contributed by atoms with Gasteiger partial charge in [0.25, 0.3) is 0 Å². The van der Waals surface area contributed by atoms with Crippen molar-refractivity contribution in [2.45, 2.75) is 19.4 Å². The molecule has 0 bridgehead atoms. The molecule has 0 unspecified atom stereocenters. The van der Waals surface area contributed by atoms with Crippen LogP contribution in [0.25, 0.3) is 0 Å². The van der Waals surface area contributed by atoms with Crippen molar-refractivity contribution in [3.05, 3.63) is 48.0 Å². The first kappa shape index (κ1) is 13.0. The number of carbonyl (C=O) groups is 2. The highest BCUT2D eigenvalue weighted by atomic mass is 16.4. The lowest BCUT2D eigenvalue weighted by Gasteiger charge is -2.12. The Morgan fingerprint density at radius 1 is 1.29 bits per heavy atom. The molecule has 90 valence electrons. The summed E-state index contributed by atoms with van der Waals surface area (Å²) >= 11 is 0. The van der Waals surface area contributed by atoms with E-state index in [1.165, 1.54) is 0 Å².